The Morgan fingerprint density at radius 2 is 1.75 bits per heavy atom. The lowest BCUT2D eigenvalue weighted by atomic mass is 9.83. The zero-order valence-electron chi connectivity index (χ0n) is 4.27. The maximum Gasteiger partial charge on any atom is 0.0930 e. The van der Waals surface area contributed by atoms with E-state index in [4.69, 9.17) is 0 Å². The van der Waals surface area contributed by atoms with E-state index in [1.54, 1.807) is 0 Å². The molecule has 0 N–H and O–H groups in total. The molecule has 8 heavy (non-hydrogen) atoms. The van der Waals surface area contributed by atoms with E-state index in [1.165, 1.54) is 6.42 Å². The summed E-state index contributed by atoms with van der Waals surface area (Å²) in [7, 11) is 0. The SMILES string of the molecule is BrC1(Br)C2C=CC1C2. The Labute approximate surface area is 65.6 Å². The van der Waals surface area contributed by atoms with Crippen molar-refractivity contribution in [3.8, 4) is 0 Å². The van der Waals surface area contributed by atoms with Crippen LogP contribution in [0.4, 0.5) is 0 Å². The van der Waals surface area contributed by atoms with E-state index in [2.05, 4.69) is 44.0 Å². The maximum absolute atomic E-state index is 3.61. The minimum absolute atomic E-state index is 0.264. The van der Waals surface area contributed by atoms with Gasteiger partial charge in [-0.1, -0.05) is 44.0 Å². The molecule has 0 aliphatic heterocycles. The Hall–Kier alpha value is 0.700. The predicted octanol–water partition coefficient (Wildman–Crippen LogP) is 2.68. The first-order valence-corrected chi connectivity index (χ1v) is 4.36. The molecule has 0 saturated heterocycles. The highest BCUT2D eigenvalue weighted by molar-refractivity contribution is 9.25. The molecule has 0 aromatic carbocycles. The first-order valence-electron chi connectivity index (χ1n) is 2.77. The van der Waals surface area contributed by atoms with Crippen LogP contribution >= 0.6 is 31.9 Å². The number of alkyl halides is 2. The van der Waals surface area contributed by atoms with Crippen molar-refractivity contribution >= 4 is 31.9 Å². The van der Waals surface area contributed by atoms with Crippen LogP contribution in [0.1, 0.15) is 6.42 Å². The van der Waals surface area contributed by atoms with Crippen molar-refractivity contribution in [3.05, 3.63) is 12.2 Å². The van der Waals surface area contributed by atoms with E-state index < -0.39 is 0 Å². The minimum Gasteiger partial charge on any atom is -0.0828 e. The molecule has 44 valence electrons. The summed E-state index contributed by atoms with van der Waals surface area (Å²) in [5.74, 6) is 1.51. The van der Waals surface area contributed by atoms with Gasteiger partial charge >= 0.3 is 0 Å². The zero-order chi connectivity index (χ0) is 5.78. The lowest BCUT2D eigenvalue weighted by Crippen LogP contribution is -2.38. The molecule has 3 aliphatic rings. The van der Waals surface area contributed by atoms with Gasteiger partial charge in [0.2, 0.25) is 0 Å². The summed E-state index contributed by atoms with van der Waals surface area (Å²) in [5.41, 5.74) is 0. The van der Waals surface area contributed by atoms with Gasteiger partial charge in [0.05, 0.1) is 3.23 Å². The topological polar surface area (TPSA) is 0 Å². The fraction of sp³-hybridized carbons (Fsp3) is 0.667. The Morgan fingerprint density at radius 3 is 1.88 bits per heavy atom. The quantitative estimate of drug-likeness (QED) is 0.449. The molecule has 1 saturated carbocycles. The second kappa shape index (κ2) is 1.40. The molecule has 2 unspecified atom stereocenters. The van der Waals surface area contributed by atoms with E-state index in [9.17, 15) is 0 Å². The Kier molecular flexibility index (Phi) is 0.961. The van der Waals surface area contributed by atoms with Crippen molar-refractivity contribution < 1.29 is 0 Å². The van der Waals surface area contributed by atoms with Crippen LogP contribution < -0.4 is 0 Å². The largest absolute Gasteiger partial charge is 0.0930 e. The van der Waals surface area contributed by atoms with Crippen molar-refractivity contribution in [2.45, 2.75) is 9.65 Å². The summed E-state index contributed by atoms with van der Waals surface area (Å²) in [6.45, 7) is 0. The molecule has 3 aliphatic carbocycles. The summed E-state index contributed by atoms with van der Waals surface area (Å²) in [5, 5.41) is 0. The lowest BCUT2D eigenvalue weighted by molar-refractivity contribution is 0.333. The molecule has 0 amide bonds. The van der Waals surface area contributed by atoms with Crippen molar-refractivity contribution in [1.82, 2.24) is 0 Å². The highest BCUT2D eigenvalue weighted by Gasteiger charge is 2.52. The molecule has 0 nitrogen and oxygen atoms in total. The van der Waals surface area contributed by atoms with Crippen LogP contribution in [0.2, 0.25) is 0 Å². The van der Waals surface area contributed by atoms with E-state index >= 15 is 0 Å². The molecule has 0 spiro atoms. The molecule has 3 rings (SSSR count). The number of halogens is 2. The predicted molar refractivity (Wildman–Crippen MR) is 41.3 cm³/mol. The summed E-state index contributed by atoms with van der Waals surface area (Å²) in [4.78, 5) is 0. The van der Waals surface area contributed by atoms with Crippen molar-refractivity contribution in [1.29, 1.82) is 0 Å². The first kappa shape index (κ1) is 5.48. The highest BCUT2D eigenvalue weighted by Crippen LogP contribution is 2.60. The zero-order valence-corrected chi connectivity index (χ0v) is 7.44. The van der Waals surface area contributed by atoms with E-state index in [-0.39, 0.29) is 3.23 Å². The van der Waals surface area contributed by atoms with Crippen molar-refractivity contribution in [2.75, 3.05) is 0 Å². The van der Waals surface area contributed by atoms with E-state index in [1.807, 2.05) is 0 Å². The van der Waals surface area contributed by atoms with Gasteiger partial charge in [-0.3, -0.25) is 0 Å². The number of rotatable bonds is 0. The number of hydrogen-bond acceptors (Lipinski definition) is 0. The molecular formula is C6H6Br2. The standard InChI is InChI=1S/C6H6Br2/c7-6(8)4-1-2-5(6)3-4/h1-2,4-5H,3H2. The van der Waals surface area contributed by atoms with Gasteiger partial charge in [0.25, 0.3) is 0 Å². The summed E-state index contributed by atoms with van der Waals surface area (Å²) < 4.78 is 0.264. The van der Waals surface area contributed by atoms with Crippen LogP contribution in [0.15, 0.2) is 12.2 Å². The third-order valence-corrected chi connectivity index (χ3v) is 4.42. The van der Waals surface area contributed by atoms with Gasteiger partial charge in [0.1, 0.15) is 0 Å². The first-order chi connectivity index (χ1) is 3.71. The average Bonchev–Trinajstić information content (AvgIpc) is 2.18. The summed E-state index contributed by atoms with van der Waals surface area (Å²) >= 11 is 7.22. The van der Waals surface area contributed by atoms with Gasteiger partial charge < -0.3 is 0 Å². The number of allylic oxidation sites excluding steroid dienone is 2. The smallest absolute Gasteiger partial charge is 0.0828 e. The molecule has 0 heterocycles. The molecular weight excluding hydrogens is 232 g/mol. The fourth-order valence-corrected chi connectivity index (χ4v) is 2.74. The van der Waals surface area contributed by atoms with Gasteiger partial charge in [-0.2, -0.15) is 0 Å². The lowest BCUT2D eigenvalue weighted by Gasteiger charge is -2.40. The van der Waals surface area contributed by atoms with Gasteiger partial charge in [-0.15, -0.1) is 0 Å². The van der Waals surface area contributed by atoms with Gasteiger partial charge in [0, 0.05) is 11.8 Å². The van der Waals surface area contributed by atoms with Gasteiger partial charge in [-0.05, 0) is 6.42 Å². The molecule has 0 aromatic rings. The Morgan fingerprint density at radius 1 is 1.25 bits per heavy atom. The van der Waals surface area contributed by atoms with Crippen molar-refractivity contribution in [2.24, 2.45) is 11.8 Å². The molecule has 0 radical (unpaired) electrons. The Balaban J connectivity index is 2.30. The summed E-state index contributed by atoms with van der Waals surface area (Å²) in [6.07, 6.45) is 5.92. The third-order valence-electron chi connectivity index (χ3n) is 2.07. The minimum atomic E-state index is 0.264. The summed E-state index contributed by atoms with van der Waals surface area (Å²) in [6, 6.07) is 0. The van der Waals surface area contributed by atoms with Crippen LogP contribution in [0.3, 0.4) is 0 Å². The number of hydrogen-bond donors (Lipinski definition) is 0. The normalized spacial score (nSPS) is 46.8. The van der Waals surface area contributed by atoms with Crippen LogP contribution in [-0.2, 0) is 0 Å². The van der Waals surface area contributed by atoms with Gasteiger partial charge in [-0.25, -0.2) is 0 Å². The van der Waals surface area contributed by atoms with Crippen LogP contribution in [0.5, 0.6) is 0 Å². The van der Waals surface area contributed by atoms with Crippen LogP contribution in [0.25, 0.3) is 0 Å². The molecule has 2 bridgehead atoms. The average molecular weight is 238 g/mol. The van der Waals surface area contributed by atoms with Crippen LogP contribution in [-0.4, -0.2) is 3.23 Å². The van der Waals surface area contributed by atoms with E-state index in [0.29, 0.717) is 0 Å². The third kappa shape index (κ3) is 0.462. The molecule has 0 aromatic heterocycles. The monoisotopic (exact) mass is 236 g/mol. The maximum atomic E-state index is 3.61. The van der Waals surface area contributed by atoms with Crippen molar-refractivity contribution in [3.63, 3.8) is 0 Å². The Bertz CT molecular complexity index is 135. The molecule has 1 fully saturated rings. The van der Waals surface area contributed by atoms with Gasteiger partial charge in [0.15, 0.2) is 0 Å². The molecule has 2 atom stereocenters. The second-order valence-electron chi connectivity index (χ2n) is 2.51. The van der Waals surface area contributed by atoms with E-state index in [0.717, 1.165) is 11.8 Å². The van der Waals surface area contributed by atoms with Crippen LogP contribution in [0, 0.1) is 11.8 Å². The molecule has 2 heteroatoms. The highest BCUT2D eigenvalue weighted by atomic mass is 79.9. The second-order valence-corrected chi connectivity index (χ2v) is 6.20. The fourth-order valence-electron chi connectivity index (χ4n) is 1.38.